The first kappa shape index (κ1) is 20.4. The van der Waals surface area contributed by atoms with Crippen LogP contribution in [0.25, 0.3) is 0 Å². The molecule has 4 aliphatic rings. The highest BCUT2D eigenvalue weighted by atomic mass is 16.6. The molecule has 1 aromatic rings. The summed E-state index contributed by atoms with van der Waals surface area (Å²) in [5.74, 6) is 0.860. The summed E-state index contributed by atoms with van der Waals surface area (Å²) >= 11 is 0. The van der Waals surface area contributed by atoms with Gasteiger partial charge < -0.3 is 9.64 Å². The largest absolute Gasteiger partial charge is 0.462 e. The monoisotopic (exact) mass is 397 g/mol. The molecule has 158 valence electrons. The number of carbonyl (C=O) groups is 2. The first-order valence-corrected chi connectivity index (χ1v) is 11.0. The van der Waals surface area contributed by atoms with Crippen LogP contribution in [0.3, 0.4) is 0 Å². The molecule has 2 aliphatic carbocycles. The van der Waals surface area contributed by atoms with Crippen LogP contribution in [0.4, 0.5) is 0 Å². The van der Waals surface area contributed by atoms with E-state index in [1.165, 1.54) is 24.0 Å². The highest BCUT2D eigenvalue weighted by molar-refractivity contribution is 5.81. The summed E-state index contributed by atoms with van der Waals surface area (Å²) in [5, 5.41) is 0. The number of carbonyl (C=O) groups excluding carboxylic acids is 2. The molecule has 1 atom stereocenters. The molecule has 4 heteroatoms. The van der Waals surface area contributed by atoms with Crippen LogP contribution in [0, 0.1) is 11.3 Å². The van der Waals surface area contributed by atoms with Gasteiger partial charge in [0.15, 0.2) is 0 Å². The Kier molecular flexibility index (Phi) is 5.03. The number of benzene rings is 1. The van der Waals surface area contributed by atoms with Crippen LogP contribution < -0.4 is 0 Å². The zero-order valence-electron chi connectivity index (χ0n) is 17.1. The van der Waals surface area contributed by atoms with E-state index in [0.29, 0.717) is 23.7 Å². The Morgan fingerprint density at radius 1 is 1.10 bits per heavy atom. The van der Waals surface area contributed by atoms with Crippen LogP contribution in [-0.4, -0.2) is 36.0 Å². The molecule has 0 N–H and O–H groups in total. The van der Waals surface area contributed by atoms with Gasteiger partial charge in [0.1, 0.15) is 6.10 Å². The smallest absolute Gasteiger partial charge is 0.306 e. The summed E-state index contributed by atoms with van der Waals surface area (Å²) in [6.45, 7) is 6.05. The molecule has 1 aromatic carbocycles. The van der Waals surface area contributed by atoms with Gasteiger partial charge in [0, 0.05) is 24.4 Å². The minimum absolute atomic E-state index is 0. The van der Waals surface area contributed by atoms with Crippen LogP contribution in [0.2, 0.25) is 0 Å². The van der Waals surface area contributed by atoms with Gasteiger partial charge in [-0.3, -0.25) is 9.59 Å². The molecule has 1 spiro atoms. The Morgan fingerprint density at radius 2 is 1.72 bits per heavy atom. The number of hydrogen-bond acceptors (Lipinski definition) is 3. The Morgan fingerprint density at radius 3 is 2.24 bits per heavy atom. The first-order valence-electron chi connectivity index (χ1n) is 11.0. The molecule has 2 saturated heterocycles. The number of amides is 1. The Bertz CT molecular complexity index is 781. The Hall–Kier alpha value is -1.84. The van der Waals surface area contributed by atoms with Crippen molar-refractivity contribution < 1.29 is 14.3 Å². The van der Waals surface area contributed by atoms with E-state index in [1.807, 2.05) is 6.92 Å². The zero-order chi connectivity index (χ0) is 19.5. The average molecular weight is 398 g/mol. The number of piperidine rings is 1. The number of likely N-dealkylation sites (tertiary alicyclic amines) is 1. The molecule has 2 saturated carbocycles. The van der Waals surface area contributed by atoms with Gasteiger partial charge in [0.05, 0.1) is 6.42 Å². The van der Waals surface area contributed by atoms with Crippen molar-refractivity contribution in [1.29, 1.82) is 0 Å². The number of rotatable bonds is 3. The van der Waals surface area contributed by atoms with Gasteiger partial charge in [-0.2, -0.15) is 0 Å². The third-order valence-corrected chi connectivity index (χ3v) is 8.21. The molecule has 0 radical (unpaired) electrons. The van der Waals surface area contributed by atoms with Gasteiger partial charge in [0.25, 0.3) is 0 Å². The molecule has 29 heavy (non-hydrogen) atoms. The molecular weight excluding hydrogens is 362 g/mol. The average Bonchev–Trinajstić information content (AvgIpc) is 3.35. The lowest BCUT2D eigenvalue weighted by Gasteiger charge is -2.47. The first-order chi connectivity index (χ1) is 13.4. The maximum absolute atomic E-state index is 12.9. The van der Waals surface area contributed by atoms with Crippen LogP contribution >= 0.6 is 0 Å². The quantitative estimate of drug-likeness (QED) is 0.688. The summed E-state index contributed by atoms with van der Waals surface area (Å²) < 4.78 is 5.32. The maximum Gasteiger partial charge on any atom is 0.306 e. The van der Waals surface area contributed by atoms with Crippen LogP contribution in [0.1, 0.15) is 83.3 Å². The SMILES string of the molecule is C.C[C@H]1OC(=O)CC12CC(C(=O)N1CCC(c3ccc(C4(C)CC4)cc3)CC1)C2. The predicted molar refractivity (Wildman–Crippen MR) is 114 cm³/mol. The molecule has 0 unspecified atom stereocenters. The van der Waals surface area contributed by atoms with E-state index < -0.39 is 0 Å². The lowest BCUT2D eigenvalue weighted by molar-refractivity contribution is -0.147. The molecule has 0 aromatic heterocycles. The van der Waals surface area contributed by atoms with Crippen molar-refractivity contribution in [3.63, 3.8) is 0 Å². The fourth-order valence-electron chi connectivity index (χ4n) is 5.69. The van der Waals surface area contributed by atoms with E-state index >= 15 is 0 Å². The third kappa shape index (κ3) is 3.49. The number of cyclic esters (lactones) is 1. The summed E-state index contributed by atoms with van der Waals surface area (Å²) in [6.07, 6.45) is 6.84. The number of nitrogens with zero attached hydrogens (tertiary/aromatic N) is 1. The number of hydrogen-bond donors (Lipinski definition) is 0. The molecule has 5 rings (SSSR count). The third-order valence-electron chi connectivity index (χ3n) is 8.21. The van der Waals surface area contributed by atoms with Gasteiger partial charge in [-0.05, 0) is 67.9 Å². The fourth-order valence-corrected chi connectivity index (χ4v) is 5.69. The molecule has 4 nitrogen and oxygen atoms in total. The molecule has 1 amide bonds. The molecule has 2 heterocycles. The van der Waals surface area contributed by atoms with Gasteiger partial charge in [-0.1, -0.05) is 38.6 Å². The van der Waals surface area contributed by atoms with Crippen molar-refractivity contribution >= 4 is 11.9 Å². The standard InChI is InChI=1S/C24H31NO3.CH4/c1-16-24(15-21(26)28-16)13-19(14-24)22(27)25-11-7-18(8-12-25)17-3-5-20(6-4-17)23(2)9-10-23;/h3-6,16,18-19H,7-15H2,1-2H3;1H4/t16-,19?,24?;/m1./s1. The molecule has 0 bridgehead atoms. The summed E-state index contributed by atoms with van der Waals surface area (Å²) in [7, 11) is 0. The second kappa shape index (κ2) is 7.14. The molecule has 2 aliphatic heterocycles. The highest BCUT2D eigenvalue weighted by Gasteiger charge is 2.57. The van der Waals surface area contributed by atoms with Crippen LogP contribution in [-0.2, 0) is 19.7 Å². The van der Waals surface area contributed by atoms with Crippen molar-refractivity contribution in [3.05, 3.63) is 35.4 Å². The van der Waals surface area contributed by atoms with Gasteiger partial charge in [-0.25, -0.2) is 0 Å². The predicted octanol–water partition coefficient (Wildman–Crippen LogP) is 4.81. The van der Waals surface area contributed by atoms with Crippen LogP contribution in [0.15, 0.2) is 24.3 Å². The van der Waals surface area contributed by atoms with Crippen LogP contribution in [0.5, 0.6) is 0 Å². The summed E-state index contributed by atoms with van der Waals surface area (Å²) in [5.41, 5.74) is 3.28. The Balaban J connectivity index is 0.00000205. The van der Waals surface area contributed by atoms with Crippen molar-refractivity contribution in [2.75, 3.05) is 13.1 Å². The minimum Gasteiger partial charge on any atom is -0.462 e. The topological polar surface area (TPSA) is 46.6 Å². The van der Waals surface area contributed by atoms with Gasteiger partial charge in [0.2, 0.25) is 5.91 Å². The second-order valence-electron chi connectivity index (χ2n) is 10.1. The van der Waals surface area contributed by atoms with Crippen molar-refractivity contribution in [1.82, 2.24) is 4.90 Å². The lowest BCUT2D eigenvalue weighted by atomic mass is 9.58. The molecule has 4 fully saturated rings. The zero-order valence-corrected chi connectivity index (χ0v) is 17.1. The normalized spacial score (nSPS) is 33.0. The van der Waals surface area contributed by atoms with E-state index in [2.05, 4.69) is 36.1 Å². The number of ether oxygens (including phenoxy) is 1. The van der Waals surface area contributed by atoms with Crippen molar-refractivity contribution in [3.8, 4) is 0 Å². The minimum atomic E-state index is -0.0964. The lowest BCUT2D eigenvalue weighted by Crippen LogP contribution is -2.51. The second-order valence-corrected chi connectivity index (χ2v) is 10.1. The number of esters is 1. The van der Waals surface area contributed by atoms with E-state index in [4.69, 9.17) is 4.74 Å². The maximum atomic E-state index is 12.9. The van der Waals surface area contributed by atoms with E-state index in [1.54, 1.807) is 0 Å². The molecular formula is C25H35NO3. The van der Waals surface area contributed by atoms with E-state index in [9.17, 15) is 9.59 Å². The van der Waals surface area contributed by atoms with E-state index in [0.717, 1.165) is 38.8 Å². The Labute approximate surface area is 175 Å². The fraction of sp³-hybridized carbons (Fsp3) is 0.680. The van der Waals surface area contributed by atoms with Gasteiger partial charge >= 0.3 is 5.97 Å². The van der Waals surface area contributed by atoms with Crippen molar-refractivity contribution in [2.45, 2.75) is 83.7 Å². The highest BCUT2D eigenvalue weighted by Crippen LogP contribution is 2.55. The van der Waals surface area contributed by atoms with Gasteiger partial charge in [-0.15, -0.1) is 0 Å². The summed E-state index contributed by atoms with van der Waals surface area (Å²) in [6, 6.07) is 9.27. The van der Waals surface area contributed by atoms with E-state index in [-0.39, 0.29) is 30.8 Å². The van der Waals surface area contributed by atoms with Crippen molar-refractivity contribution in [2.24, 2.45) is 11.3 Å². The summed E-state index contributed by atoms with van der Waals surface area (Å²) in [4.78, 5) is 26.6.